The van der Waals surface area contributed by atoms with Crippen LogP contribution >= 0.6 is 0 Å². The normalized spacial score (nSPS) is 14.2. The van der Waals surface area contributed by atoms with E-state index < -0.39 is 26.3 Å². The van der Waals surface area contributed by atoms with Gasteiger partial charge in [0.05, 0.1) is 19.1 Å². The Labute approximate surface area is 113 Å². The standard InChI is InChI=1S/C11H16O6S2/c1-18(12,13)16-9-11(17-19(2,14)15)8-10-6-4-3-5-7-10/h3-7,11H,8-9H2,1-2H3/t11-/m1/s1. The minimum absolute atomic E-state index is 0.240. The molecule has 0 amide bonds. The van der Waals surface area contributed by atoms with Gasteiger partial charge in [0, 0.05) is 6.42 Å². The molecule has 0 bridgehead atoms. The first-order valence-electron chi connectivity index (χ1n) is 5.42. The molecule has 0 aliphatic rings. The van der Waals surface area contributed by atoms with Crippen LogP contribution in [0.15, 0.2) is 30.3 Å². The summed E-state index contributed by atoms with van der Waals surface area (Å²) in [5.41, 5.74) is 0.827. The minimum Gasteiger partial charge on any atom is -0.268 e. The maximum atomic E-state index is 11.1. The van der Waals surface area contributed by atoms with Gasteiger partial charge in [-0.2, -0.15) is 16.8 Å². The van der Waals surface area contributed by atoms with Crippen LogP contribution in [0.2, 0.25) is 0 Å². The van der Waals surface area contributed by atoms with Gasteiger partial charge < -0.3 is 0 Å². The van der Waals surface area contributed by atoms with Crippen LogP contribution in [0.25, 0.3) is 0 Å². The second-order valence-electron chi connectivity index (χ2n) is 4.10. The molecule has 0 fully saturated rings. The Morgan fingerprint density at radius 1 is 1.00 bits per heavy atom. The van der Waals surface area contributed by atoms with Crippen LogP contribution in [-0.4, -0.2) is 42.1 Å². The van der Waals surface area contributed by atoms with Gasteiger partial charge >= 0.3 is 0 Å². The number of rotatable bonds is 7. The molecular formula is C11H16O6S2. The molecule has 1 atom stereocenters. The fourth-order valence-electron chi connectivity index (χ4n) is 1.44. The van der Waals surface area contributed by atoms with Crippen LogP contribution in [0.4, 0.5) is 0 Å². The molecule has 108 valence electrons. The van der Waals surface area contributed by atoms with Crippen molar-refractivity contribution in [3.05, 3.63) is 35.9 Å². The molecule has 1 aromatic carbocycles. The smallest absolute Gasteiger partial charge is 0.264 e. The largest absolute Gasteiger partial charge is 0.268 e. The molecule has 0 heterocycles. The van der Waals surface area contributed by atoms with Gasteiger partial charge in [-0.25, -0.2) is 0 Å². The van der Waals surface area contributed by atoms with E-state index in [9.17, 15) is 16.8 Å². The van der Waals surface area contributed by atoms with E-state index in [0.717, 1.165) is 18.1 Å². The van der Waals surface area contributed by atoms with Gasteiger partial charge in [-0.05, 0) is 5.56 Å². The fourth-order valence-corrected chi connectivity index (χ4v) is 2.46. The molecule has 0 spiro atoms. The molecule has 0 saturated heterocycles. The zero-order chi connectivity index (χ0) is 14.5. The van der Waals surface area contributed by atoms with E-state index in [0.29, 0.717) is 0 Å². The molecule has 0 radical (unpaired) electrons. The summed E-state index contributed by atoms with van der Waals surface area (Å²) in [6, 6.07) is 9.00. The van der Waals surface area contributed by atoms with E-state index in [-0.39, 0.29) is 13.0 Å². The molecule has 1 aromatic rings. The van der Waals surface area contributed by atoms with Crippen LogP contribution in [0.1, 0.15) is 5.56 Å². The number of benzene rings is 1. The number of hydrogen-bond acceptors (Lipinski definition) is 6. The van der Waals surface area contributed by atoms with Gasteiger partial charge in [-0.1, -0.05) is 30.3 Å². The first-order valence-corrected chi connectivity index (χ1v) is 9.05. The maximum Gasteiger partial charge on any atom is 0.264 e. The lowest BCUT2D eigenvalue weighted by atomic mass is 10.1. The van der Waals surface area contributed by atoms with Crippen molar-refractivity contribution in [1.82, 2.24) is 0 Å². The monoisotopic (exact) mass is 308 g/mol. The van der Waals surface area contributed by atoms with Crippen LogP contribution < -0.4 is 0 Å². The van der Waals surface area contributed by atoms with Gasteiger partial charge in [0.2, 0.25) is 0 Å². The summed E-state index contributed by atoms with van der Waals surface area (Å²) in [5, 5.41) is 0. The molecule has 0 saturated carbocycles. The molecule has 0 aromatic heterocycles. The lowest BCUT2D eigenvalue weighted by Crippen LogP contribution is -2.26. The fraction of sp³-hybridized carbons (Fsp3) is 0.455. The highest BCUT2D eigenvalue weighted by Crippen LogP contribution is 2.09. The first-order chi connectivity index (χ1) is 8.66. The van der Waals surface area contributed by atoms with Crippen molar-refractivity contribution < 1.29 is 25.2 Å². The summed E-state index contributed by atoms with van der Waals surface area (Å²) >= 11 is 0. The van der Waals surface area contributed by atoms with E-state index in [2.05, 4.69) is 4.18 Å². The van der Waals surface area contributed by atoms with Crippen molar-refractivity contribution in [2.75, 3.05) is 19.1 Å². The van der Waals surface area contributed by atoms with E-state index >= 15 is 0 Å². The average Bonchev–Trinajstić information content (AvgIpc) is 2.24. The SMILES string of the molecule is CS(=O)(=O)OC[C@@H](Cc1ccccc1)OS(C)(=O)=O. The summed E-state index contributed by atoms with van der Waals surface area (Å²) < 4.78 is 53.5. The molecular weight excluding hydrogens is 292 g/mol. The van der Waals surface area contributed by atoms with Crippen molar-refractivity contribution in [1.29, 1.82) is 0 Å². The van der Waals surface area contributed by atoms with Crippen molar-refractivity contribution >= 4 is 20.2 Å². The van der Waals surface area contributed by atoms with Gasteiger partial charge in [0.15, 0.2) is 0 Å². The van der Waals surface area contributed by atoms with E-state index in [1.165, 1.54) is 0 Å². The second kappa shape index (κ2) is 6.47. The predicted molar refractivity (Wildman–Crippen MR) is 70.7 cm³/mol. The molecule has 19 heavy (non-hydrogen) atoms. The Bertz CT molecular complexity index is 591. The summed E-state index contributed by atoms with van der Waals surface area (Å²) in [5.74, 6) is 0. The van der Waals surface area contributed by atoms with Crippen LogP contribution in [0, 0.1) is 0 Å². The maximum absolute atomic E-state index is 11.1. The quantitative estimate of drug-likeness (QED) is 0.684. The first kappa shape index (κ1) is 16.1. The van der Waals surface area contributed by atoms with Crippen LogP contribution in [0.5, 0.6) is 0 Å². The summed E-state index contributed by atoms with van der Waals surface area (Å²) in [7, 11) is -7.33. The van der Waals surface area contributed by atoms with E-state index in [4.69, 9.17) is 4.18 Å². The molecule has 1 rings (SSSR count). The van der Waals surface area contributed by atoms with Gasteiger partial charge in [-0.3, -0.25) is 8.37 Å². The van der Waals surface area contributed by atoms with Crippen LogP contribution in [0.3, 0.4) is 0 Å². The second-order valence-corrected chi connectivity index (χ2v) is 7.35. The predicted octanol–water partition coefficient (Wildman–Crippen LogP) is 0.550. The zero-order valence-electron chi connectivity index (χ0n) is 10.6. The Morgan fingerprint density at radius 2 is 1.58 bits per heavy atom. The summed E-state index contributed by atoms with van der Waals surface area (Å²) in [6.45, 7) is -0.346. The molecule has 0 aliphatic carbocycles. The number of hydrogen-bond donors (Lipinski definition) is 0. The van der Waals surface area contributed by atoms with Crippen LogP contribution in [-0.2, 0) is 35.0 Å². The third-order valence-corrected chi connectivity index (χ3v) is 3.27. The van der Waals surface area contributed by atoms with Crippen molar-refractivity contribution in [2.45, 2.75) is 12.5 Å². The average molecular weight is 308 g/mol. The van der Waals surface area contributed by atoms with Crippen molar-refractivity contribution in [2.24, 2.45) is 0 Å². The van der Waals surface area contributed by atoms with E-state index in [1.54, 1.807) is 24.3 Å². The highest BCUT2D eigenvalue weighted by atomic mass is 32.2. The summed E-state index contributed by atoms with van der Waals surface area (Å²) in [6.07, 6.45) is 1.16. The minimum atomic E-state index is -3.69. The Morgan fingerprint density at radius 3 is 2.05 bits per heavy atom. The Kier molecular flexibility index (Phi) is 5.48. The van der Waals surface area contributed by atoms with Gasteiger partial charge in [0.1, 0.15) is 6.10 Å². The third-order valence-electron chi connectivity index (χ3n) is 2.09. The molecule has 6 nitrogen and oxygen atoms in total. The molecule has 0 aliphatic heterocycles. The highest BCUT2D eigenvalue weighted by Gasteiger charge is 2.18. The van der Waals surface area contributed by atoms with Gasteiger partial charge in [-0.15, -0.1) is 0 Å². The Hall–Kier alpha value is -0.960. The molecule has 0 unspecified atom stereocenters. The molecule has 0 N–H and O–H groups in total. The van der Waals surface area contributed by atoms with Crippen molar-refractivity contribution in [3.63, 3.8) is 0 Å². The summed E-state index contributed by atoms with van der Waals surface area (Å²) in [4.78, 5) is 0. The zero-order valence-corrected chi connectivity index (χ0v) is 12.3. The molecule has 8 heteroatoms. The highest BCUT2D eigenvalue weighted by molar-refractivity contribution is 7.86. The topological polar surface area (TPSA) is 86.7 Å². The lowest BCUT2D eigenvalue weighted by Gasteiger charge is -2.15. The third kappa shape index (κ3) is 7.93. The Balaban J connectivity index is 2.75. The van der Waals surface area contributed by atoms with E-state index in [1.807, 2.05) is 6.07 Å². The lowest BCUT2D eigenvalue weighted by molar-refractivity contribution is 0.139. The van der Waals surface area contributed by atoms with Crippen molar-refractivity contribution in [3.8, 4) is 0 Å². The van der Waals surface area contributed by atoms with Gasteiger partial charge in [0.25, 0.3) is 20.2 Å².